The van der Waals surface area contributed by atoms with Crippen LogP contribution in [0.5, 0.6) is 5.75 Å². The van der Waals surface area contributed by atoms with Crippen molar-refractivity contribution in [1.82, 2.24) is 10.2 Å². The lowest BCUT2D eigenvalue weighted by Gasteiger charge is -2.36. The molecule has 1 aromatic carbocycles. The number of rotatable bonds is 9. The number of thioether (sulfide) groups is 1. The fourth-order valence-corrected chi connectivity index (χ4v) is 4.75. The van der Waals surface area contributed by atoms with Crippen LogP contribution in [0.1, 0.15) is 37.8 Å². The summed E-state index contributed by atoms with van der Waals surface area (Å²) >= 11 is 1.45. The first-order chi connectivity index (χ1) is 15.5. The third-order valence-electron chi connectivity index (χ3n) is 5.46. The molecule has 1 atom stereocenters. The number of amidine groups is 1. The van der Waals surface area contributed by atoms with Crippen molar-refractivity contribution in [3.8, 4) is 5.75 Å². The number of hydrogen-bond acceptors (Lipinski definition) is 8. The van der Waals surface area contributed by atoms with Gasteiger partial charge in [0.15, 0.2) is 5.17 Å². The lowest BCUT2D eigenvalue weighted by Crippen LogP contribution is -2.38. The van der Waals surface area contributed by atoms with Crippen LogP contribution in [0.3, 0.4) is 0 Å². The highest BCUT2D eigenvalue weighted by atomic mass is 32.2. The van der Waals surface area contributed by atoms with E-state index in [2.05, 4.69) is 10.3 Å². The average Bonchev–Trinajstić information content (AvgIpc) is 3.51. The fourth-order valence-electron chi connectivity index (χ4n) is 3.78. The van der Waals surface area contributed by atoms with Gasteiger partial charge in [0.25, 0.3) is 0 Å². The second-order valence-electron chi connectivity index (χ2n) is 7.78. The summed E-state index contributed by atoms with van der Waals surface area (Å²) in [4.78, 5) is 32.4. The third-order valence-corrected chi connectivity index (χ3v) is 6.35. The Labute approximate surface area is 191 Å². The lowest BCUT2D eigenvalue weighted by atomic mass is 9.93. The van der Waals surface area contributed by atoms with Gasteiger partial charge in [-0.05, 0) is 31.2 Å². The highest BCUT2D eigenvalue weighted by Crippen LogP contribution is 2.46. The normalized spacial score (nSPS) is 19.8. The van der Waals surface area contributed by atoms with Gasteiger partial charge in [0.1, 0.15) is 12.4 Å². The number of carbonyl (C=O) groups excluding carboxylic acids is 2. The largest absolute Gasteiger partial charge is 0.496 e. The summed E-state index contributed by atoms with van der Waals surface area (Å²) in [5.41, 5.74) is 2.60. The molecule has 1 amide bonds. The number of nitrogens with one attached hydrogen (secondary N) is 1. The van der Waals surface area contributed by atoms with E-state index in [0.29, 0.717) is 23.6 Å². The van der Waals surface area contributed by atoms with Crippen LogP contribution in [0, 0.1) is 0 Å². The van der Waals surface area contributed by atoms with Crippen molar-refractivity contribution in [3.63, 3.8) is 0 Å². The van der Waals surface area contributed by atoms with Gasteiger partial charge in [0.05, 0.1) is 37.4 Å². The number of amides is 1. The van der Waals surface area contributed by atoms with Gasteiger partial charge < -0.3 is 24.4 Å². The van der Waals surface area contributed by atoms with Crippen molar-refractivity contribution in [2.75, 3.05) is 27.4 Å². The van der Waals surface area contributed by atoms with Crippen molar-refractivity contribution in [2.45, 2.75) is 38.3 Å². The summed E-state index contributed by atoms with van der Waals surface area (Å²) in [6.45, 7) is 2.25. The number of esters is 1. The monoisotopic (exact) mass is 457 g/mol. The Morgan fingerprint density at radius 1 is 1.22 bits per heavy atom. The van der Waals surface area contributed by atoms with Crippen molar-refractivity contribution < 1.29 is 23.8 Å². The average molecular weight is 458 g/mol. The van der Waals surface area contributed by atoms with Crippen LogP contribution in [0.25, 0.3) is 0 Å². The second-order valence-corrected chi connectivity index (χ2v) is 8.62. The van der Waals surface area contributed by atoms with Gasteiger partial charge in [-0.1, -0.05) is 30.0 Å². The van der Waals surface area contributed by atoms with Crippen molar-refractivity contribution in [3.05, 3.63) is 52.2 Å². The Balaban J connectivity index is 1.70. The molecule has 1 N–H and O–H groups in total. The van der Waals surface area contributed by atoms with Gasteiger partial charge in [-0.3, -0.25) is 4.79 Å². The number of aliphatic imine (C=N–C) groups is 1. The molecule has 0 aromatic heterocycles. The summed E-state index contributed by atoms with van der Waals surface area (Å²) in [6.07, 6.45) is 2.26. The SMILES string of the molecule is COCCOC(=O)C1=C(C)N=C2SC=C(CC(=O)NC3CC3)N2C1c1ccccc1OC. The number of fused-ring (bicyclic) bond motifs is 1. The van der Waals surface area contributed by atoms with Gasteiger partial charge in [-0.25, -0.2) is 9.79 Å². The minimum absolute atomic E-state index is 0.0325. The zero-order valence-electron chi connectivity index (χ0n) is 18.4. The Hall–Kier alpha value is -2.78. The van der Waals surface area contributed by atoms with E-state index in [1.165, 1.54) is 11.8 Å². The fraction of sp³-hybridized carbons (Fsp3) is 0.435. The number of allylic oxidation sites excluding steroid dienone is 1. The molecule has 2 heterocycles. The first kappa shape index (κ1) is 22.4. The minimum Gasteiger partial charge on any atom is -0.496 e. The minimum atomic E-state index is -0.524. The number of methoxy groups -OCH3 is 2. The Bertz CT molecular complexity index is 999. The Morgan fingerprint density at radius 3 is 2.72 bits per heavy atom. The molecule has 1 unspecified atom stereocenters. The Kier molecular flexibility index (Phi) is 6.86. The van der Waals surface area contributed by atoms with Crippen LogP contribution in [0.2, 0.25) is 0 Å². The molecule has 9 heteroatoms. The number of nitrogens with zero attached hydrogens (tertiary/aromatic N) is 2. The van der Waals surface area contributed by atoms with E-state index in [0.717, 1.165) is 29.3 Å². The zero-order chi connectivity index (χ0) is 22.7. The summed E-state index contributed by atoms with van der Waals surface area (Å²) in [5.74, 6) is 0.152. The zero-order valence-corrected chi connectivity index (χ0v) is 19.2. The molecule has 4 rings (SSSR count). The maximum atomic E-state index is 13.2. The van der Waals surface area contributed by atoms with Gasteiger partial charge in [-0.15, -0.1) is 0 Å². The topological polar surface area (TPSA) is 89.5 Å². The molecule has 0 saturated heterocycles. The molecule has 0 spiro atoms. The number of benzene rings is 1. The van der Waals surface area contributed by atoms with Gasteiger partial charge in [0, 0.05) is 24.4 Å². The molecule has 170 valence electrons. The van der Waals surface area contributed by atoms with Crippen LogP contribution in [-0.4, -0.2) is 55.4 Å². The molecule has 0 radical (unpaired) electrons. The third kappa shape index (κ3) is 4.68. The number of hydrogen-bond donors (Lipinski definition) is 1. The van der Waals surface area contributed by atoms with E-state index in [4.69, 9.17) is 14.2 Å². The van der Waals surface area contributed by atoms with Gasteiger partial charge >= 0.3 is 5.97 Å². The van der Waals surface area contributed by atoms with E-state index in [-0.39, 0.29) is 25.0 Å². The first-order valence-electron chi connectivity index (χ1n) is 10.6. The van der Waals surface area contributed by atoms with E-state index >= 15 is 0 Å². The summed E-state index contributed by atoms with van der Waals surface area (Å²) < 4.78 is 16.1. The summed E-state index contributed by atoms with van der Waals surface area (Å²) in [5, 5.41) is 5.69. The molecule has 1 aromatic rings. The maximum absolute atomic E-state index is 13.2. The quantitative estimate of drug-likeness (QED) is 0.450. The molecule has 1 fully saturated rings. The van der Waals surface area contributed by atoms with Gasteiger partial charge in [-0.2, -0.15) is 0 Å². The van der Waals surface area contributed by atoms with E-state index in [9.17, 15) is 9.59 Å². The Morgan fingerprint density at radius 2 is 2.00 bits per heavy atom. The maximum Gasteiger partial charge on any atom is 0.338 e. The first-order valence-corrected chi connectivity index (χ1v) is 11.4. The molecule has 1 saturated carbocycles. The molecule has 0 bridgehead atoms. The van der Waals surface area contributed by atoms with E-state index in [1.807, 2.05) is 34.6 Å². The predicted octanol–water partition coefficient (Wildman–Crippen LogP) is 3.13. The number of carbonyl (C=O) groups is 2. The van der Waals surface area contributed by atoms with Crippen LogP contribution in [-0.2, 0) is 19.1 Å². The van der Waals surface area contributed by atoms with Crippen LogP contribution >= 0.6 is 11.8 Å². The highest BCUT2D eigenvalue weighted by molar-refractivity contribution is 8.16. The van der Waals surface area contributed by atoms with E-state index < -0.39 is 12.0 Å². The smallest absolute Gasteiger partial charge is 0.338 e. The standard InChI is InChI=1S/C23H27N3O5S/c1-14-20(22(28)31-11-10-29-2)21(17-6-4-5-7-18(17)30-3)26-16(13-32-23(26)24-14)12-19(27)25-15-8-9-15/h4-7,13,15,21H,8-12H2,1-3H3,(H,25,27). The van der Waals surface area contributed by atoms with E-state index in [1.54, 1.807) is 21.1 Å². The summed E-state index contributed by atoms with van der Waals surface area (Å²) in [7, 11) is 3.15. The van der Waals surface area contributed by atoms with Crippen LogP contribution < -0.4 is 10.1 Å². The molecule has 1 aliphatic carbocycles. The van der Waals surface area contributed by atoms with Gasteiger partial charge in [0.2, 0.25) is 5.91 Å². The molecular weight excluding hydrogens is 430 g/mol. The van der Waals surface area contributed by atoms with Crippen LogP contribution in [0.4, 0.5) is 0 Å². The summed E-state index contributed by atoms with van der Waals surface area (Å²) in [6, 6.07) is 7.32. The number of ether oxygens (including phenoxy) is 3. The number of para-hydroxylation sites is 1. The van der Waals surface area contributed by atoms with Crippen LogP contribution in [0.15, 0.2) is 51.6 Å². The van der Waals surface area contributed by atoms with Crippen molar-refractivity contribution >= 4 is 28.8 Å². The van der Waals surface area contributed by atoms with Crippen molar-refractivity contribution in [2.24, 2.45) is 4.99 Å². The molecular formula is C23H27N3O5S. The molecule has 8 nitrogen and oxygen atoms in total. The van der Waals surface area contributed by atoms with Crippen molar-refractivity contribution in [1.29, 1.82) is 0 Å². The molecule has 2 aliphatic heterocycles. The highest BCUT2D eigenvalue weighted by Gasteiger charge is 2.42. The molecule has 32 heavy (non-hydrogen) atoms. The predicted molar refractivity (Wildman–Crippen MR) is 122 cm³/mol. The second kappa shape index (κ2) is 9.79. The lowest BCUT2D eigenvalue weighted by molar-refractivity contribution is -0.141. The molecule has 3 aliphatic rings.